The Kier molecular flexibility index (Phi) is 4.86. The number of hydrogen-bond acceptors (Lipinski definition) is 1. The van der Waals surface area contributed by atoms with Gasteiger partial charge in [0, 0.05) is 0 Å². The summed E-state index contributed by atoms with van der Waals surface area (Å²) < 4.78 is 36.4. The van der Waals surface area contributed by atoms with Crippen LogP contribution in [0, 0.1) is 18.3 Å². The van der Waals surface area contributed by atoms with Crippen LogP contribution in [0.25, 0.3) is 0 Å². The van der Waals surface area contributed by atoms with Gasteiger partial charge in [-0.05, 0) is 24.6 Å². The van der Waals surface area contributed by atoms with Crippen molar-refractivity contribution in [2.45, 2.75) is 26.9 Å². The van der Waals surface area contributed by atoms with E-state index in [1.807, 2.05) is 13.8 Å². The van der Waals surface area contributed by atoms with E-state index in [2.05, 4.69) is 0 Å². The second kappa shape index (κ2) is 5.40. The summed E-state index contributed by atoms with van der Waals surface area (Å²) in [7, 11) is 0. The summed E-state index contributed by atoms with van der Waals surface area (Å²) >= 11 is 0. The molecule has 0 spiro atoms. The van der Waals surface area contributed by atoms with Crippen LogP contribution in [0.5, 0.6) is 0 Å². The number of rotatable bonds is 0. The minimum Gasteiger partial charge on any atom is -0.192 e. The normalized spacial score (nSPS) is 9.93. The van der Waals surface area contributed by atoms with E-state index in [0.29, 0.717) is 5.56 Å². The third-order valence-corrected chi connectivity index (χ3v) is 1.69. The Hall–Kier alpha value is -1.50. The molecule has 0 saturated carbocycles. The third-order valence-electron chi connectivity index (χ3n) is 1.69. The molecular formula is C11H12F3N. The first kappa shape index (κ1) is 13.5. The van der Waals surface area contributed by atoms with Gasteiger partial charge >= 0.3 is 6.18 Å². The summed E-state index contributed by atoms with van der Waals surface area (Å²) in [6, 6.07) is 4.83. The predicted octanol–water partition coefficient (Wildman–Crippen LogP) is 3.91. The number of nitriles is 1. The summed E-state index contributed by atoms with van der Waals surface area (Å²) in [6.07, 6.45) is -4.38. The van der Waals surface area contributed by atoms with Crippen LogP contribution >= 0.6 is 0 Å². The van der Waals surface area contributed by atoms with E-state index >= 15 is 0 Å². The van der Waals surface area contributed by atoms with Crippen LogP contribution in [0.15, 0.2) is 18.2 Å². The van der Waals surface area contributed by atoms with E-state index in [0.717, 1.165) is 12.1 Å². The monoisotopic (exact) mass is 215 g/mol. The maximum atomic E-state index is 12.1. The molecule has 0 aliphatic heterocycles. The molecule has 0 atom stereocenters. The first-order chi connectivity index (χ1) is 6.95. The van der Waals surface area contributed by atoms with Crippen LogP contribution in [0.4, 0.5) is 13.2 Å². The topological polar surface area (TPSA) is 23.8 Å². The first-order valence-electron chi connectivity index (χ1n) is 4.53. The molecule has 0 N–H and O–H groups in total. The lowest BCUT2D eigenvalue weighted by Crippen LogP contribution is -2.05. The molecule has 1 aromatic carbocycles. The highest BCUT2D eigenvalue weighted by Crippen LogP contribution is 2.30. The Balaban J connectivity index is 0.000000921. The summed E-state index contributed by atoms with van der Waals surface area (Å²) in [4.78, 5) is 0. The van der Waals surface area contributed by atoms with Crippen LogP contribution in [0.2, 0.25) is 0 Å². The smallest absolute Gasteiger partial charge is 0.192 e. The van der Waals surface area contributed by atoms with Crippen molar-refractivity contribution in [3.63, 3.8) is 0 Å². The summed E-state index contributed by atoms with van der Waals surface area (Å²) in [6.45, 7) is 5.60. The molecule has 0 radical (unpaired) electrons. The van der Waals surface area contributed by atoms with Gasteiger partial charge in [0.05, 0.1) is 17.2 Å². The second-order valence-electron chi connectivity index (χ2n) is 2.64. The van der Waals surface area contributed by atoms with Crippen molar-refractivity contribution in [1.82, 2.24) is 0 Å². The van der Waals surface area contributed by atoms with Crippen LogP contribution in [0.3, 0.4) is 0 Å². The van der Waals surface area contributed by atoms with Gasteiger partial charge in [0.2, 0.25) is 0 Å². The number of hydrogen-bond donors (Lipinski definition) is 0. The molecule has 0 aliphatic rings. The fourth-order valence-corrected chi connectivity index (χ4v) is 0.919. The highest BCUT2D eigenvalue weighted by atomic mass is 19.4. The van der Waals surface area contributed by atoms with Crippen molar-refractivity contribution < 1.29 is 13.2 Å². The minimum absolute atomic E-state index is 0.0647. The Morgan fingerprint density at radius 2 is 1.73 bits per heavy atom. The fraction of sp³-hybridized carbons (Fsp3) is 0.364. The molecule has 1 nitrogen and oxygen atoms in total. The Morgan fingerprint density at radius 1 is 1.20 bits per heavy atom. The van der Waals surface area contributed by atoms with Gasteiger partial charge in [-0.1, -0.05) is 19.9 Å². The van der Waals surface area contributed by atoms with Gasteiger partial charge in [-0.15, -0.1) is 0 Å². The van der Waals surface area contributed by atoms with Gasteiger partial charge in [-0.3, -0.25) is 0 Å². The van der Waals surface area contributed by atoms with Crippen molar-refractivity contribution in [1.29, 1.82) is 5.26 Å². The number of nitrogens with zero attached hydrogens (tertiary/aromatic N) is 1. The number of alkyl halides is 3. The van der Waals surface area contributed by atoms with Crippen molar-refractivity contribution in [2.24, 2.45) is 0 Å². The maximum absolute atomic E-state index is 12.1. The molecule has 1 aromatic rings. The van der Waals surface area contributed by atoms with Gasteiger partial charge < -0.3 is 0 Å². The standard InChI is InChI=1S/C9H6F3N.C2H6/c1-6-2-3-8(9(10,11)12)4-7(6)5-13;1-2/h2-4H,1H3;1-2H3. The van der Waals surface area contributed by atoms with Crippen LogP contribution in [0.1, 0.15) is 30.5 Å². The lowest BCUT2D eigenvalue weighted by atomic mass is 10.1. The molecule has 0 heterocycles. The highest BCUT2D eigenvalue weighted by Gasteiger charge is 2.30. The van der Waals surface area contributed by atoms with E-state index < -0.39 is 11.7 Å². The molecule has 0 aliphatic carbocycles. The highest BCUT2D eigenvalue weighted by molar-refractivity contribution is 5.40. The molecule has 15 heavy (non-hydrogen) atoms. The molecule has 0 aromatic heterocycles. The Morgan fingerprint density at radius 3 is 2.13 bits per heavy atom. The SMILES string of the molecule is CC.Cc1ccc(C(F)(F)F)cc1C#N. The molecule has 1 rings (SSSR count). The van der Waals surface area contributed by atoms with E-state index in [4.69, 9.17) is 5.26 Å². The van der Waals surface area contributed by atoms with Crippen molar-refractivity contribution in [2.75, 3.05) is 0 Å². The largest absolute Gasteiger partial charge is 0.416 e. The summed E-state index contributed by atoms with van der Waals surface area (Å²) in [5.41, 5.74) is -0.167. The molecule has 0 saturated heterocycles. The van der Waals surface area contributed by atoms with Crippen LogP contribution < -0.4 is 0 Å². The lowest BCUT2D eigenvalue weighted by molar-refractivity contribution is -0.137. The maximum Gasteiger partial charge on any atom is 0.416 e. The van der Waals surface area contributed by atoms with Gasteiger partial charge in [0.15, 0.2) is 0 Å². The lowest BCUT2D eigenvalue weighted by Gasteiger charge is -2.07. The zero-order valence-electron chi connectivity index (χ0n) is 8.81. The van der Waals surface area contributed by atoms with Gasteiger partial charge in [0.25, 0.3) is 0 Å². The van der Waals surface area contributed by atoms with Gasteiger partial charge in [-0.2, -0.15) is 18.4 Å². The first-order valence-corrected chi connectivity index (χ1v) is 4.53. The number of halogens is 3. The van der Waals surface area contributed by atoms with Crippen LogP contribution in [-0.2, 0) is 6.18 Å². The summed E-state index contributed by atoms with van der Waals surface area (Å²) in [5.74, 6) is 0. The molecule has 0 fully saturated rings. The van der Waals surface area contributed by atoms with Crippen molar-refractivity contribution in [3.05, 3.63) is 34.9 Å². The van der Waals surface area contributed by atoms with E-state index in [-0.39, 0.29) is 5.56 Å². The molecule has 82 valence electrons. The molecule has 0 amide bonds. The number of benzene rings is 1. The molecule has 0 bridgehead atoms. The van der Waals surface area contributed by atoms with E-state index in [1.54, 1.807) is 13.0 Å². The quantitative estimate of drug-likeness (QED) is 0.643. The Labute approximate surface area is 87.2 Å². The minimum atomic E-state index is -4.38. The molecule has 0 unspecified atom stereocenters. The average molecular weight is 215 g/mol. The van der Waals surface area contributed by atoms with E-state index in [1.165, 1.54) is 6.07 Å². The zero-order chi connectivity index (χ0) is 12.1. The number of aryl methyl sites for hydroxylation is 1. The van der Waals surface area contributed by atoms with Crippen molar-refractivity contribution >= 4 is 0 Å². The van der Waals surface area contributed by atoms with Crippen molar-refractivity contribution in [3.8, 4) is 6.07 Å². The molecule has 4 heteroatoms. The fourth-order valence-electron chi connectivity index (χ4n) is 0.919. The van der Waals surface area contributed by atoms with E-state index in [9.17, 15) is 13.2 Å². The van der Waals surface area contributed by atoms with Crippen LogP contribution in [-0.4, -0.2) is 0 Å². The third kappa shape index (κ3) is 3.62. The second-order valence-corrected chi connectivity index (χ2v) is 2.64. The summed E-state index contributed by atoms with van der Waals surface area (Å²) in [5, 5.41) is 8.49. The Bertz CT molecular complexity index is 361. The van der Waals surface area contributed by atoms with Gasteiger partial charge in [0.1, 0.15) is 0 Å². The molecular weight excluding hydrogens is 203 g/mol. The predicted molar refractivity (Wildman–Crippen MR) is 52.2 cm³/mol. The average Bonchev–Trinajstić information content (AvgIpc) is 2.20. The zero-order valence-corrected chi connectivity index (χ0v) is 8.81. The van der Waals surface area contributed by atoms with Gasteiger partial charge in [-0.25, -0.2) is 0 Å².